The van der Waals surface area contributed by atoms with Crippen molar-refractivity contribution in [3.05, 3.63) is 56.1 Å². The zero-order valence-corrected chi connectivity index (χ0v) is 18.6. The monoisotopic (exact) mass is 482 g/mol. The molecule has 4 rings (SSSR count). The van der Waals surface area contributed by atoms with Gasteiger partial charge in [0.25, 0.3) is 5.91 Å². The van der Waals surface area contributed by atoms with E-state index in [9.17, 15) is 27.6 Å². The van der Waals surface area contributed by atoms with Crippen molar-refractivity contribution in [3.8, 4) is 0 Å². The highest BCUT2D eigenvalue weighted by Crippen LogP contribution is 2.36. The number of halogens is 3. The Morgan fingerprint density at radius 3 is 2.52 bits per heavy atom. The lowest BCUT2D eigenvalue weighted by Crippen LogP contribution is -2.63. The highest BCUT2D eigenvalue weighted by molar-refractivity contribution is 7.09. The van der Waals surface area contributed by atoms with Gasteiger partial charge in [-0.25, -0.2) is 0 Å². The molecular formula is C22H25F3N4O3S. The van der Waals surface area contributed by atoms with E-state index < -0.39 is 17.6 Å². The van der Waals surface area contributed by atoms with Crippen molar-refractivity contribution in [2.45, 2.75) is 49.9 Å². The molecule has 2 amide bonds. The van der Waals surface area contributed by atoms with Crippen molar-refractivity contribution < 1.29 is 22.8 Å². The minimum absolute atomic E-state index is 0.00407. The first-order chi connectivity index (χ1) is 15.7. The van der Waals surface area contributed by atoms with Crippen LogP contribution >= 0.6 is 11.3 Å². The normalized spacial score (nSPS) is 21.9. The summed E-state index contributed by atoms with van der Waals surface area (Å²) in [5.74, 6) is -0.663. The van der Waals surface area contributed by atoms with Crippen LogP contribution in [-0.2, 0) is 11.0 Å². The molecule has 0 atom stereocenters. The molecule has 0 bridgehead atoms. The molecular weight excluding hydrogens is 457 g/mol. The molecule has 1 saturated carbocycles. The van der Waals surface area contributed by atoms with Gasteiger partial charge in [0.2, 0.25) is 5.91 Å². The highest BCUT2D eigenvalue weighted by atomic mass is 32.1. The van der Waals surface area contributed by atoms with E-state index in [0.717, 1.165) is 61.8 Å². The molecule has 3 N–H and O–H groups in total. The van der Waals surface area contributed by atoms with Crippen LogP contribution in [0, 0.1) is 0 Å². The predicted octanol–water partition coefficient (Wildman–Crippen LogP) is 2.71. The first kappa shape index (κ1) is 23.5. The highest BCUT2D eigenvalue weighted by Gasteiger charge is 2.36. The third-order valence-electron chi connectivity index (χ3n) is 6.29. The van der Waals surface area contributed by atoms with Gasteiger partial charge >= 0.3 is 11.0 Å². The first-order valence-corrected chi connectivity index (χ1v) is 11.7. The molecule has 1 aromatic heterocycles. The standard InChI is InChI=1S/C22H25F3N4O3S/c23-22(24,25)15-3-1-2-14(8-15)20(31)26-10-19(30)28-16-11-29(12-16)17-6-4-13(5-7-17)18-9-27-21(32)33-18/h1-3,8-9,13,16-17H,4-7,10-12H2,(H,26,31)(H,27,32)(H,28,30)/t13-,17+. The van der Waals surface area contributed by atoms with Crippen molar-refractivity contribution in [2.75, 3.05) is 19.6 Å². The van der Waals surface area contributed by atoms with Crippen LogP contribution in [0.4, 0.5) is 13.2 Å². The van der Waals surface area contributed by atoms with Gasteiger partial charge in [-0.05, 0) is 49.8 Å². The number of nitrogens with zero attached hydrogens (tertiary/aromatic N) is 1. The van der Waals surface area contributed by atoms with Gasteiger partial charge in [0.1, 0.15) is 0 Å². The molecule has 1 aromatic carbocycles. The maximum Gasteiger partial charge on any atom is 0.416 e. The number of likely N-dealkylation sites (tertiary alicyclic amines) is 1. The number of carbonyl (C=O) groups is 2. The van der Waals surface area contributed by atoms with Gasteiger partial charge in [0.15, 0.2) is 0 Å². The number of hydrogen-bond acceptors (Lipinski definition) is 5. The second-order valence-corrected chi connectivity index (χ2v) is 9.61. The van der Waals surface area contributed by atoms with E-state index in [-0.39, 0.29) is 28.9 Å². The lowest BCUT2D eigenvalue weighted by atomic mass is 9.83. The molecule has 2 fully saturated rings. The molecule has 33 heavy (non-hydrogen) atoms. The summed E-state index contributed by atoms with van der Waals surface area (Å²) in [4.78, 5) is 41.8. The van der Waals surface area contributed by atoms with E-state index in [0.29, 0.717) is 12.0 Å². The van der Waals surface area contributed by atoms with Crippen LogP contribution in [0.25, 0.3) is 0 Å². The van der Waals surface area contributed by atoms with Crippen LogP contribution in [0.1, 0.15) is 52.4 Å². The van der Waals surface area contributed by atoms with Gasteiger partial charge in [-0.2, -0.15) is 13.2 Å². The molecule has 7 nitrogen and oxygen atoms in total. The number of aromatic amines is 1. The van der Waals surface area contributed by atoms with Crippen molar-refractivity contribution in [1.82, 2.24) is 20.5 Å². The van der Waals surface area contributed by atoms with Gasteiger partial charge in [0.05, 0.1) is 18.2 Å². The first-order valence-electron chi connectivity index (χ1n) is 10.9. The van der Waals surface area contributed by atoms with E-state index in [4.69, 9.17) is 0 Å². The van der Waals surface area contributed by atoms with Gasteiger partial charge < -0.3 is 15.6 Å². The average Bonchev–Trinajstić information content (AvgIpc) is 3.20. The number of thiazole rings is 1. The van der Waals surface area contributed by atoms with Gasteiger partial charge in [-0.3, -0.25) is 19.3 Å². The third kappa shape index (κ3) is 5.83. The lowest BCUT2D eigenvalue weighted by molar-refractivity contribution is -0.137. The number of alkyl halides is 3. The lowest BCUT2D eigenvalue weighted by Gasteiger charge is -2.46. The van der Waals surface area contributed by atoms with Crippen LogP contribution in [0.3, 0.4) is 0 Å². The summed E-state index contributed by atoms with van der Waals surface area (Å²) in [5, 5.41) is 5.22. The van der Waals surface area contributed by atoms with Crippen LogP contribution in [0.2, 0.25) is 0 Å². The van der Waals surface area contributed by atoms with Crippen molar-refractivity contribution in [3.63, 3.8) is 0 Å². The molecule has 2 aromatic rings. The van der Waals surface area contributed by atoms with E-state index in [1.54, 1.807) is 0 Å². The predicted molar refractivity (Wildman–Crippen MR) is 117 cm³/mol. The fourth-order valence-electron chi connectivity index (χ4n) is 4.50. The van der Waals surface area contributed by atoms with Crippen LogP contribution < -0.4 is 15.5 Å². The fourth-order valence-corrected chi connectivity index (χ4v) is 5.36. The number of carbonyl (C=O) groups excluding carboxylic acids is 2. The SMILES string of the molecule is O=C(CNC(=O)c1cccc(C(F)(F)F)c1)NC1CN([C@H]2CC[C@@H](c3c[nH]c(=O)s3)CC2)C1. The summed E-state index contributed by atoms with van der Waals surface area (Å²) >= 11 is 1.29. The minimum Gasteiger partial charge on any atom is -0.349 e. The number of nitrogens with one attached hydrogen (secondary N) is 3. The maximum atomic E-state index is 12.8. The Hall–Kier alpha value is -2.66. The average molecular weight is 483 g/mol. The fraction of sp³-hybridized carbons (Fsp3) is 0.500. The number of rotatable bonds is 6. The quantitative estimate of drug-likeness (QED) is 0.590. The molecule has 1 aliphatic carbocycles. The number of benzene rings is 1. The largest absolute Gasteiger partial charge is 0.416 e. The molecule has 2 aliphatic rings. The van der Waals surface area contributed by atoms with E-state index in [1.807, 2.05) is 6.20 Å². The molecule has 11 heteroatoms. The number of aromatic nitrogens is 1. The number of H-pyrrole nitrogens is 1. The zero-order chi connectivity index (χ0) is 23.6. The van der Waals surface area contributed by atoms with Gasteiger partial charge in [0, 0.05) is 35.8 Å². The molecule has 1 aliphatic heterocycles. The second-order valence-electron chi connectivity index (χ2n) is 8.57. The Balaban J connectivity index is 1.16. The summed E-state index contributed by atoms with van der Waals surface area (Å²) in [6.45, 7) is 1.18. The second kappa shape index (κ2) is 9.68. The summed E-state index contributed by atoms with van der Waals surface area (Å²) < 4.78 is 38.4. The molecule has 0 spiro atoms. The molecule has 0 unspecified atom stereocenters. The number of hydrogen-bond donors (Lipinski definition) is 3. The van der Waals surface area contributed by atoms with Gasteiger partial charge in [-0.1, -0.05) is 17.4 Å². The Morgan fingerprint density at radius 1 is 1.15 bits per heavy atom. The van der Waals surface area contributed by atoms with Crippen molar-refractivity contribution in [2.24, 2.45) is 0 Å². The zero-order valence-electron chi connectivity index (χ0n) is 17.8. The van der Waals surface area contributed by atoms with E-state index in [1.165, 1.54) is 17.4 Å². The maximum absolute atomic E-state index is 12.8. The van der Waals surface area contributed by atoms with Crippen molar-refractivity contribution >= 4 is 23.2 Å². The Bertz CT molecular complexity index is 1050. The molecule has 178 valence electrons. The summed E-state index contributed by atoms with van der Waals surface area (Å²) in [6, 6.07) is 4.55. The Labute approximate surface area is 192 Å². The topological polar surface area (TPSA) is 94.3 Å². The number of amides is 2. The van der Waals surface area contributed by atoms with Crippen LogP contribution in [0.15, 0.2) is 35.3 Å². The summed E-state index contributed by atoms with van der Waals surface area (Å²) in [7, 11) is 0. The third-order valence-corrected chi connectivity index (χ3v) is 7.28. The van der Waals surface area contributed by atoms with Crippen LogP contribution in [-0.4, -0.2) is 53.4 Å². The molecule has 0 radical (unpaired) electrons. The van der Waals surface area contributed by atoms with E-state index >= 15 is 0 Å². The van der Waals surface area contributed by atoms with Crippen LogP contribution in [0.5, 0.6) is 0 Å². The summed E-state index contributed by atoms with van der Waals surface area (Å²) in [6.07, 6.45) is 1.45. The van der Waals surface area contributed by atoms with Crippen molar-refractivity contribution in [1.29, 1.82) is 0 Å². The Kier molecular flexibility index (Phi) is 6.89. The molecule has 2 heterocycles. The smallest absolute Gasteiger partial charge is 0.349 e. The summed E-state index contributed by atoms with van der Waals surface area (Å²) in [5.41, 5.74) is -1.05. The molecule has 1 saturated heterocycles. The van der Waals surface area contributed by atoms with E-state index in [2.05, 4.69) is 20.5 Å². The minimum atomic E-state index is -4.54. The van der Waals surface area contributed by atoms with Gasteiger partial charge in [-0.15, -0.1) is 0 Å². The Morgan fingerprint density at radius 2 is 1.88 bits per heavy atom.